The lowest BCUT2D eigenvalue weighted by Gasteiger charge is -1.63. The third-order valence-corrected chi connectivity index (χ3v) is 0.375. The fourth-order valence-electron chi connectivity index (χ4n) is 0.177. The van der Waals surface area contributed by atoms with Crippen LogP contribution in [0, 0.1) is 11.8 Å². The minimum atomic E-state index is 0.704. The Kier molecular flexibility index (Phi) is 4.09. The monoisotopic (exact) mass is 86.1 g/mol. The van der Waals surface area contributed by atoms with Crippen molar-refractivity contribution in [1.82, 2.24) is 0 Å². The summed E-state index contributed by atoms with van der Waals surface area (Å²) in [6, 6.07) is 0. The zero-order chi connectivity index (χ0) is 4.83. The Hall–Kier alpha value is -0.520. The second kappa shape index (κ2) is 4.48. The fraction of sp³-hybridized carbons (Fsp3) is 0.500. The summed E-state index contributed by atoms with van der Waals surface area (Å²) in [5, 5.41) is 0. The van der Waals surface area contributed by atoms with Gasteiger partial charge in [0.1, 0.15) is 13.1 Å². The fourth-order valence-corrected chi connectivity index (χ4v) is 0.177. The maximum atomic E-state index is 3.52. The Balaban J connectivity index is 2.90. The summed E-state index contributed by atoms with van der Waals surface area (Å²) in [6.07, 6.45) is 0. The number of quaternary nitrogens is 2. The summed E-state index contributed by atoms with van der Waals surface area (Å²) in [5.74, 6) is 5.55. The van der Waals surface area contributed by atoms with Gasteiger partial charge in [-0.1, -0.05) is 0 Å². The van der Waals surface area contributed by atoms with Crippen LogP contribution in [0.2, 0.25) is 0 Å². The van der Waals surface area contributed by atoms with Gasteiger partial charge in [-0.2, -0.15) is 0 Å². The molecule has 0 aliphatic rings. The van der Waals surface area contributed by atoms with Crippen LogP contribution in [0.1, 0.15) is 0 Å². The van der Waals surface area contributed by atoms with Crippen molar-refractivity contribution in [1.29, 1.82) is 0 Å². The minimum absolute atomic E-state index is 0.704. The van der Waals surface area contributed by atoms with E-state index in [2.05, 4.69) is 23.3 Å². The largest absolute Gasteiger partial charge is 0.347 e. The van der Waals surface area contributed by atoms with Crippen molar-refractivity contribution in [2.45, 2.75) is 0 Å². The molecule has 0 aliphatic heterocycles. The molecule has 0 saturated carbocycles. The molecule has 0 amide bonds. The van der Waals surface area contributed by atoms with E-state index in [1.165, 1.54) is 0 Å². The van der Waals surface area contributed by atoms with E-state index in [1.54, 1.807) is 0 Å². The maximum absolute atomic E-state index is 3.52. The van der Waals surface area contributed by atoms with Gasteiger partial charge in [-0.25, -0.2) is 0 Å². The summed E-state index contributed by atoms with van der Waals surface area (Å²) in [4.78, 5) is 0. The van der Waals surface area contributed by atoms with E-state index in [4.69, 9.17) is 0 Å². The Bertz CT molecular complexity index is 59.4. The summed E-state index contributed by atoms with van der Waals surface area (Å²) in [5.41, 5.74) is 7.04. The van der Waals surface area contributed by atoms with E-state index in [9.17, 15) is 0 Å². The first-order chi connectivity index (χ1) is 2.91. The lowest BCUT2D eigenvalue weighted by Crippen LogP contribution is -2.51. The van der Waals surface area contributed by atoms with Crippen LogP contribution in [0.25, 0.3) is 0 Å². The Morgan fingerprint density at radius 1 is 1.00 bits per heavy atom. The smallest absolute Gasteiger partial charge is 0.136 e. The predicted octanol–water partition coefficient (Wildman–Crippen LogP) is -2.53. The average molecular weight is 86.1 g/mol. The van der Waals surface area contributed by atoms with Gasteiger partial charge in [0, 0.05) is 0 Å². The van der Waals surface area contributed by atoms with Crippen LogP contribution in [0.5, 0.6) is 0 Å². The van der Waals surface area contributed by atoms with Crippen LogP contribution in [-0.4, -0.2) is 13.1 Å². The van der Waals surface area contributed by atoms with Gasteiger partial charge in [-0.05, 0) is 11.8 Å². The maximum Gasteiger partial charge on any atom is 0.136 e. The molecule has 0 heterocycles. The quantitative estimate of drug-likeness (QED) is 0.306. The van der Waals surface area contributed by atoms with E-state index in [0.29, 0.717) is 13.1 Å². The van der Waals surface area contributed by atoms with Crippen molar-refractivity contribution < 1.29 is 11.5 Å². The molecule has 34 valence electrons. The van der Waals surface area contributed by atoms with Gasteiger partial charge < -0.3 is 11.5 Å². The van der Waals surface area contributed by atoms with Gasteiger partial charge in [-0.3, -0.25) is 0 Å². The van der Waals surface area contributed by atoms with Gasteiger partial charge in [0.15, 0.2) is 0 Å². The second-order valence-corrected chi connectivity index (χ2v) is 0.854. The first-order valence-corrected chi connectivity index (χ1v) is 1.96. The second-order valence-electron chi connectivity index (χ2n) is 0.854. The van der Waals surface area contributed by atoms with Crippen LogP contribution in [-0.2, 0) is 0 Å². The van der Waals surface area contributed by atoms with Crippen molar-refractivity contribution in [2.24, 2.45) is 0 Å². The Labute approximate surface area is 37.5 Å². The molecule has 0 aromatic carbocycles. The number of hydrogen-bond acceptors (Lipinski definition) is 0. The van der Waals surface area contributed by atoms with E-state index < -0.39 is 0 Å². The highest BCUT2D eigenvalue weighted by molar-refractivity contribution is 4.96. The molecule has 0 bridgehead atoms. The lowest BCUT2D eigenvalue weighted by atomic mass is 10.6. The number of rotatable bonds is 0. The third-order valence-electron chi connectivity index (χ3n) is 0.375. The molecular formula is C4H10N2+2. The summed E-state index contributed by atoms with van der Waals surface area (Å²) in [7, 11) is 0. The standard InChI is InChI=1S/C4H8N2/c5-3-1-2-4-6/h3-6H2/p+2. The molecule has 0 spiro atoms. The van der Waals surface area contributed by atoms with Crippen LogP contribution < -0.4 is 11.5 Å². The van der Waals surface area contributed by atoms with Gasteiger partial charge >= 0.3 is 0 Å². The van der Waals surface area contributed by atoms with Crippen LogP contribution in [0.4, 0.5) is 0 Å². The van der Waals surface area contributed by atoms with Crippen molar-refractivity contribution in [3.63, 3.8) is 0 Å². The molecule has 0 radical (unpaired) electrons. The molecule has 2 heteroatoms. The minimum Gasteiger partial charge on any atom is -0.347 e. The molecule has 0 rings (SSSR count). The average Bonchev–Trinajstić information content (AvgIpc) is 1.61. The molecule has 0 aromatic heterocycles. The van der Waals surface area contributed by atoms with E-state index in [1.807, 2.05) is 0 Å². The lowest BCUT2D eigenvalue weighted by molar-refractivity contribution is -0.353. The van der Waals surface area contributed by atoms with E-state index in [0.717, 1.165) is 0 Å². The van der Waals surface area contributed by atoms with Crippen molar-refractivity contribution in [3.05, 3.63) is 0 Å². The number of hydrogen-bond donors (Lipinski definition) is 2. The highest BCUT2D eigenvalue weighted by Gasteiger charge is 1.60. The molecule has 0 unspecified atom stereocenters. The van der Waals surface area contributed by atoms with Gasteiger partial charge in [-0.15, -0.1) is 0 Å². The molecular weight excluding hydrogens is 76.1 g/mol. The van der Waals surface area contributed by atoms with Crippen molar-refractivity contribution in [3.8, 4) is 11.8 Å². The van der Waals surface area contributed by atoms with Crippen molar-refractivity contribution in [2.75, 3.05) is 13.1 Å². The summed E-state index contributed by atoms with van der Waals surface area (Å²) >= 11 is 0. The normalized spacial score (nSPS) is 6.33. The zero-order valence-electron chi connectivity index (χ0n) is 3.83. The van der Waals surface area contributed by atoms with Gasteiger partial charge in [0.2, 0.25) is 0 Å². The molecule has 6 heavy (non-hydrogen) atoms. The summed E-state index contributed by atoms with van der Waals surface area (Å²) in [6.45, 7) is 1.41. The highest BCUT2D eigenvalue weighted by atomic mass is 14.5. The SMILES string of the molecule is [NH3+]CC#CC[NH3+]. The van der Waals surface area contributed by atoms with Crippen LogP contribution >= 0.6 is 0 Å². The van der Waals surface area contributed by atoms with Crippen LogP contribution in [0.15, 0.2) is 0 Å². The van der Waals surface area contributed by atoms with Crippen LogP contribution in [0.3, 0.4) is 0 Å². The topological polar surface area (TPSA) is 55.3 Å². The predicted molar refractivity (Wildman–Crippen MR) is 23.3 cm³/mol. The first-order valence-electron chi connectivity index (χ1n) is 1.96. The molecule has 0 aliphatic carbocycles. The van der Waals surface area contributed by atoms with E-state index in [-0.39, 0.29) is 0 Å². The van der Waals surface area contributed by atoms with Gasteiger partial charge in [0.05, 0.1) is 0 Å². The zero-order valence-corrected chi connectivity index (χ0v) is 3.83. The van der Waals surface area contributed by atoms with Crippen molar-refractivity contribution >= 4 is 0 Å². The molecule has 0 fully saturated rings. The highest BCUT2D eigenvalue weighted by Crippen LogP contribution is 1.37. The molecule has 0 saturated heterocycles. The Morgan fingerprint density at radius 2 is 1.33 bits per heavy atom. The van der Waals surface area contributed by atoms with E-state index >= 15 is 0 Å². The third kappa shape index (κ3) is 3.48. The molecule has 2 nitrogen and oxygen atoms in total. The Morgan fingerprint density at radius 3 is 1.50 bits per heavy atom. The summed E-state index contributed by atoms with van der Waals surface area (Å²) < 4.78 is 0. The first kappa shape index (κ1) is 5.48. The van der Waals surface area contributed by atoms with Gasteiger partial charge in [0.25, 0.3) is 0 Å². The molecule has 0 atom stereocenters. The molecule has 0 aromatic rings. The molecule has 6 N–H and O–H groups in total.